The summed E-state index contributed by atoms with van der Waals surface area (Å²) in [6, 6.07) is 8.42. The molecule has 0 aliphatic rings. The topological polar surface area (TPSA) is 50.9 Å². The highest BCUT2D eigenvalue weighted by Crippen LogP contribution is 2.27. The second-order valence-electron chi connectivity index (χ2n) is 3.36. The van der Waals surface area contributed by atoms with Crippen LogP contribution in [0.1, 0.15) is 0 Å². The molecule has 1 heterocycles. The smallest absolute Gasteiger partial charge is 0.134 e. The lowest BCUT2D eigenvalue weighted by molar-refractivity contribution is 1.31. The summed E-state index contributed by atoms with van der Waals surface area (Å²) in [6.07, 6.45) is 0. The van der Waals surface area contributed by atoms with Crippen molar-refractivity contribution in [2.45, 2.75) is 0 Å². The van der Waals surface area contributed by atoms with Crippen molar-refractivity contribution in [3.05, 3.63) is 45.5 Å². The van der Waals surface area contributed by atoms with Gasteiger partial charge in [-0.3, -0.25) is 0 Å². The Balaban J connectivity index is 2.28. The van der Waals surface area contributed by atoms with E-state index in [0.29, 0.717) is 26.7 Å². The van der Waals surface area contributed by atoms with Gasteiger partial charge in [0.05, 0.1) is 10.0 Å². The van der Waals surface area contributed by atoms with Crippen molar-refractivity contribution in [3.63, 3.8) is 0 Å². The second-order valence-corrected chi connectivity index (χ2v) is 4.56. The molecule has 6 heteroatoms. The molecule has 3 nitrogen and oxygen atoms in total. The molecule has 0 bridgehead atoms. The number of nitrogens with one attached hydrogen (secondary N) is 1. The molecule has 0 unspecified atom stereocenters. The number of benzene rings is 1. The molecule has 0 amide bonds. The first-order chi connectivity index (χ1) is 8.04. The minimum atomic E-state index is 0.326. The van der Waals surface area contributed by atoms with E-state index in [9.17, 15) is 0 Å². The molecule has 0 atom stereocenters. The van der Waals surface area contributed by atoms with Crippen molar-refractivity contribution >= 4 is 52.0 Å². The monoisotopic (exact) mass is 287 g/mol. The van der Waals surface area contributed by atoms with Crippen molar-refractivity contribution in [3.8, 4) is 0 Å². The molecule has 0 aliphatic carbocycles. The summed E-state index contributed by atoms with van der Waals surface area (Å²) in [7, 11) is 0. The first-order valence-corrected chi connectivity index (χ1v) is 5.83. The van der Waals surface area contributed by atoms with Crippen molar-refractivity contribution in [1.82, 2.24) is 4.98 Å². The molecule has 2 aromatic rings. The lowest BCUT2D eigenvalue weighted by Crippen LogP contribution is -1.96. The molecule has 0 spiro atoms. The molecule has 0 aliphatic heterocycles. The molecule has 1 aromatic carbocycles. The maximum atomic E-state index is 5.90. The number of pyridine rings is 1. The molecule has 0 saturated carbocycles. The van der Waals surface area contributed by atoms with Crippen LogP contribution in [0.2, 0.25) is 15.2 Å². The Morgan fingerprint density at radius 1 is 1.00 bits per heavy atom. The van der Waals surface area contributed by atoms with Gasteiger partial charge in [-0.2, -0.15) is 0 Å². The van der Waals surface area contributed by atoms with Gasteiger partial charge in [0.1, 0.15) is 11.0 Å². The molecule has 88 valence electrons. The van der Waals surface area contributed by atoms with E-state index in [1.807, 2.05) is 0 Å². The van der Waals surface area contributed by atoms with Gasteiger partial charge in [0, 0.05) is 17.4 Å². The second kappa shape index (κ2) is 5.00. The fourth-order valence-electron chi connectivity index (χ4n) is 1.30. The van der Waals surface area contributed by atoms with E-state index in [-0.39, 0.29) is 0 Å². The van der Waals surface area contributed by atoms with E-state index in [2.05, 4.69) is 10.3 Å². The standard InChI is InChI=1S/C11H8Cl3N3/c12-8-2-1-7(5-9(8)13)16-11-4-6(15)3-10(14)17-11/h1-5H,(H3,15,16,17). The van der Waals surface area contributed by atoms with Gasteiger partial charge in [-0.25, -0.2) is 4.98 Å². The van der Waals surface area contributed by atoms with Crippen molar-refractivity contribution in [1.29, 1.82) is 0 Å². The van der Waals surface area contributed by atoms with Crippen LogP contribution in [0.4, 0.5) is 17.2 Å². The molecular weight excluding hydrogens is 281 g/mol. The van der Waals surface area contributed by atoms with E-state index in [1.54, 1.807) is 30.3 Å². The number of nitrogens with two attached hydrogens (primary N) is 1. The number of hydrogen-bond donors (Lipinski definition) is 2. The Bertz CT molecular complexity index is 537. The average molecular weight is 289 g/mol. The predicted molar refractivity (Wildman–Crippen MR) is 73.4 cm³/mol. The lowest BCUT2D eigenvalue weighted by atomic mass is 10.3. The maximum absolute atomic E-state index is 5.90. The average Bonchev–Trinajstić information content (AvgIpc) is 2.22. The SMILES string of the molecule is Nc1cc(Cl)nc(Nc2ccc(Cl)c(Cl)c2)c1. The molecule has 0 saturated heterocycles. The Kier molecular flexibility index (Phi) is 3.62. The molecule has 0 fully saturated rings. The number of aromatic nitrogens is 1. The van der Waals surface area contributed by atoms with Crippen LogP contribution in [-0.4, -0.2) is 4.98 Å². The van der Waals surface area contributed by atoms with E-state index in [0.717, 1.165) is 5.69 Å². The van der Waals surface area contributed by atoms with Gasteiger partial charge in [0.25, 0.3) is 0 Å². The molecule has 1 aromatic heterocycles. The Morgan fingerprint density at radius 2 is 1.76 bits per heavy atom. The van der Waals surface area contributed by atoms with Crippen LogP contribution < -0.4 is 11.1 Å². The minimum absolute atomic E-state index is 0.326. The van der Waals surface area contributed by atoms with Gasteiger partial charge in [-0.15, -0.1) is 0 Å². The van der Waals surface area contributed by atoms with Crippen LogP contribution >= 0.6 is 34.8 Å². The Hall–Kier alpha value is -1.16. The van der Waals surface area contributed by atoms with Gasteiger partial charge in [0.15, 0.2) is 0 Å². The number of rotatable bonds is 2. The van der Waals surface area contributed by atoms with E-state index in [1.165, 1.54) is 0 Å². The third kappa shape index (κ3) is 3.16. The molecule has 2 rings (SSSR count). The number of anilines is 3. The van der Waals surface area contributed by atoms with E-state index >= 15 is 0 Å². The van der Waals surface area contributed by atoms with Crippen LogP contribution in [-0.2, 0) is 0 Å². The fourth-order valence-corrected chi connectivity index (χ4v) is 1.82. The predicted octanol–water partition coefficient (Wildman–Crippen LogP) is 4.37. The third-order valence-corrected chi connectivity index (χ3v) is 2.94. The normalized spacial score (nSPS) is 10.3. The lowest BCUT2D eigenvalue weighted by Gasteiger charge is -2.07. The highest BCUT2D eigenvalue weighted by atomic mass is 35.5. The number of halogens is 3. The summed E-state index contributed by atoms with van der Waals surface area (Å²) in [5, 5.41) is 4.32. The van der Waals surface area contributed by atoms with Gasteiger partial charge >= 0.3 is 0 Å². The van der Waals surface area contributed by atoms with Crippen LogP contribution in [0.5, 0.6) is 0 Å². The maximum Gasteiger partial charge on any atom is 0.134 e. The molecular formula is C11H8Cl3N3. The molecule has 3 N–H and O–H groups in total. The van der Waals surface area contributed by atoms with Gasteiger partial charge in [-0.1, -0.05) is 34.8 Å². The molecule has 17 heavy (non-hydrogen) atoms. The highest BCUT2D eigenvalue weighted by molar-refractivity contribution is 6.42. The zero-order valence-corrected chi connectivity index (χ0v) is 10.8. The summed E-state index contributed by atoms with van der Waals surface area (Å²) in [6.45, 7) is 0. The quantitative estimate of drug-likeness (QED) is 0.807. The number of nitrogen functional groups attached to an aromatic ring is 1. The van der Waals surface area contributed by atoms with Crippen LogP contribution in [0, 0.1) is 0 Å². The van der Waals surface area contributed by atoms with Crippen LogP contribution in [0.3, 0.4) is 0 Å². The third-order valence-electron chi connectivity index (χ3n) is 2.01. The highest BCUT2D eigenvalue weighted by Gasteiger charge is 2.02. The van der Waals surface area contributed by atoms with Crippen LogP contribution in [0.25, 0.3) is 0 Å². The van der Waals surface area contributed by atoms with Crippen LogP contribution in [0.15, 0.2) is 30.3 Å². The first-order valence-electron chi connectivity index (χ1n) is 4.70. The van der Waals surface area contributed by atoms with Crippen molar-refractivity contribution in [2.24, 2.45) is 0 Å². The summed E-state index contributed by atoms with van der Waals surface area (Å²) < 4.78 is 0. The van der Waals surface area contributed by atoms with Gasteiger partial charge < -0.3 is 11.1 Å². The van der Waals surface area contributed by atoms with E-state index in [4.69, 9.17) is 40.5 Å². The summed E-state index contributed by atoms with van der Waals surface area (Å²) in [5.41, 5.74) is 6.95. The zero-order valence-electron chi connectivity index (χ0n) is 8.55. The largest absolute Gasteiger partial charge is 0.399 e. The summed E-state index contributed by atoms with van der Waals surface area (Å²) in [4.78, 5) is 4.08. The fraction of sp³-hybridized carbons (Fsp3) is 0. The number of nitrogens with zero attached hydrogens (tertiary/aromatic N) is 1. The van der Waals surface area contributed by atoms with Crippen molar-refractivity contribution < 1.29 is 0 Å². The summed E-state index contributed by atoms with van der Waals surface area (Å²) in [5.74, 6) is 0.549. The van der Waals surface area contributed by atoms with E-state index < -0.39 is 0 Å². The minimum Gasteiger partial charge on any atom is -0.399 e. The van der Waals surface area contributed by atoms with Crippen molar-refractivity contribution in [2.75, 3.05) is 11.1 Å². The zero-order chi connectivity index (χ0) is 12.4. The number of hydrogen-bond acceptors (Lipinski definition) is 3. The Labute approximate surface area is 114 Å². The van der Waals surface area contributed by atoms with Gasteiger partial charge in [0.2, 0.25) is 0 Å². The Morgan fingerprint density at radius 3 is 2.41 bits per heavy atom. The van der Waals surface area contributed by atoms with Gasteiger partial charge in [-0.05, 0) is 24.3 Å². The molecule has 0 radical (unpaired) electrons. The summed E-state index contributed by atoms with van der Waals surface area (Å²) >= 11 is 17.5. The first kappa shape index (κ1) is 12.3.